The molecule has 2 heterocycles. The van der Waals surface area contributed by atoms with Crippen molar-refractivity contribution in [3.05, 3.63) is 18.2 Å². The Labute approximate surface area is 99.5 Å². The first kappa shape index (κ1) is 10.1. The Morgan fingerprint density at radius 2 is 2.06 bits per heavy atom. The Morgan fingerprint density at radius 3 is 2.88 bits per heavy atom. The molecule has 0 aromatic heterocycles. The molecule has 4 heteroatoms. The summed E-state index contributed by atoms with van der Waals surface area (Å²) < 4.78 is 11.0. The molecule has 1 fully saturated rings. The zero-order valence-electron chi connectivity index (χ0n) is 9.07. The van der Waals surface area contributed by atoms with Crippen molar-refractivity contribution < 1.29 is 9.47 Å². The predicted molar refractivity (Wildman–Crippen MR) is 66.8 cm³/mol. The minimum absolute atomic E-state index is 0.604. The fourth-order valence-corrected chi connectivity index (χ4v) is 3.17. The van der Waals surface area contributed by atoms with Gasteiger partial charge in [0.15, 0.2) is 11.5 Å². The van der Waals surface area contributed by atoms with E-state index in [-0.39, 0.29) is 0 Å². The minimum atomic E-state index is 0.604. The van der Waals surface area contributed by atoms with Crippen LogP contribution in [0.15, 0.2) is 18.2 Å². The molecule has 0 saturated carbocycles. The highest BCUT2D eigenvalue weighted by atomic mass is 32.2. The molecule has 2 aliphatic heterocycles. The molecule has 0 aliphatic carbocycles. The number of thioether (sulfide) groups is 1. The summed E-state index contributed by atoms with van der Waals surface area (Å²) in [4.78, 5) is 0. The number of fused-ring (bicyclic) bond motifs is 1. The Hall–Kier alpha value is -1.03. The molecule has 3 nitrogen and oxygen atoms in total. The molecule has 1 N–H and O–H groups in total. The standard InChI is InChI=1S/C12H15NO2S/c1-2-11-12(15-5-4-14-11)7-9(1)13-10-3-6-16-8-10/h1-2,7,10,13H,3-6,8H2. The Bertz CT molecular complexity index is 377. The summed E-state index contributed by atoms with van der Waals surface area (Å²) in [5.74, 6) is 4.19. The van der Waals surface area contributed by atoms with Gasteiger partial charge in [0, 0.05) is 23.5 Å². The van der Waals surface area contributed by atoms with E-state index >= 15 is 0 Å². The highest BCUT2D eigenvalue weighted by Crippen LogP contribution is 2.33. The Kier molecular flexibility index (Phi) is 2.82. The summed E-state index contributed by atoms with van der Waals surface area (Å²) in [6, 6.07) is 6.69. The quantitative estimate of drug-likeness (QED) is 0.855. The van der Waals surface area contributed by atoms with Crippen LogP contribution in [0.1, 0.15) is 6.42 Å². The highest BCUT2D eigenvalue weighted by Gasteiger charge is 2.17. The summed E-state index contributed by atoms with van der Waals surface area (Å²) in [5.41, 5.74) is 1.14. The van der Waals surface area contributed by atoms with Gasteiger partial charge >= 0.3 is 0 Å². The molecule has 0 spiro atoms. The first-order chi connectivity index (χ1) is 7.92. The molecule has 2 aliphatic rings. The third kappa shape index (κ3) is 2.07. The number of benzene rings is 1. The van der Waals surface area contributed by atoms with Gasteiger partial charge in [-0.25, -0.2) is 0 Å². The molecule has 1 saturated heterocycles. The fourth-order valence-electron chi connectivity index (χ4n) is 2.02. The molecule has 3 rings (SSSR count). The van der Waals surface area contributed by atoms with E-state index in [0.29, 0.717) is 19.3 Å². The van der Waals surface area contributed by atoms with Crippen molar-refractivity contribution in [1.82, 2.24) is 0 Å². The lowest BCUT2D eigenvalue weighted by Crippen LogP contribution is -2.19. The first-order valence-electron chi connectivity index (χ1n) is 5.66. The number of nitrogens with one attached hydrogen (secondary N) is 1. The number of anilines is 1. The van der Waals surface area contributed by atoms with Crippen LogP contribution >= 0.6 is 11.8 Å². The van der Waals surface area contributed by atoms with Gasteiger partial charge in [-0.2, -0.15) is 11.8 Å². The number of hydrogen-bond acceptors (Lipinski definition) is 4. The third-order valence-electron chi connectivity index (χ3n) is 2.84. The van der Waals surface area contributed by atoms with Crippen molar-refractivity contribution in [2.24, 2.45) is 0 Å². The molecule has 86 valence electrons. The van der Waals surface area contributed by atoms with Gasteiger partial charge in [-0.15, -0.1) is 0 Å². The summed E-state index contributed by atoms with van der Waals surface area (Å²) in [6.07, 6.45) is 1.25. The van der Waals surface area contributed by atoms with Crippen LogP contribution in [0, 0.1) is 0 Å². The van der Waals surface area contributed by atoms with E-state index < -0.39 is 0 Å². The van der Waals surface area contributed by atoms with E-state index in [1.807, 2.05) is 23.9 Å². The summed E-state index contributed by atoms with van der Waals surface area (Å²) in [6.45, 7) is 1.30. The fraction of sp³-hybridized carbons (Fsp3) is 0.500. The van der Waals surface area contributed by atoms with Crippen LogP contribution in [0.25, 0.3) is 0 Å². The maximum absolute atomic E-state index is 5.56. The lowest BCUT2D eigenvalue weighted by molar-refractivity contribution is 0.171. The Balaban J connectivity index is 1.74. The van der Waals surface area contributed by atoms with Gasteiger partial charge in [0.2, 0.25) is 0 Å². The topological polar surface area (TPSA) is 30.5 Å². The van der Waals surface area contributed by atoms with Gasteiger partial charge in [0.25, 0.3) is 0 Å². The van der Waals surface area contributed by atoms with Crippen molar-refractivity contribution in [1.29, 1.82) is 0 Å². The van der Waals surface area contributed by atoms with Crippen LogP contribution in [0.4, 0.5) is 5.69 Å². The normalized spacial score (nSPS) is 23.1. The second-order valence-electron chi connectivity index (χ2n) is 4.06. The zero-order chi connectivity index (χ0) is 10.8. The van der Waals surface area contributed by atoms with E-state index in [1.165, 1.54) is 17.9 Å². The molecular formula is C12H15NO2S. The van der Waals surface area contributed by atoms with Gasteiger partial charge in [0.05, 0.1) is 0 Å². The second-order valence-corrected chi connectivity index (χ2v) is 5.21. The lowest BCUT2D eigenvalue weighted by Gasteiger charge is -2.20. The smallest absolute Gasteiger partial charge is 0.163 e. The van der Waals surface area contributed by atoms with Crippen molar-refractivity contribution >= 4 is 17.4 Å². The van der Waals surface area contributed by atoms with Crippen LogP contribution in [0.2, 0.25) is 0 Å². The molecule has 16 heavy (non-hydrogen) atoms. The molecule has 1 atom stereocenters. The number of hydrogen-bond donors (Lipinski definition) is 1. The van der Waals surface area contributed by atoms with E-state index in [9.17, 15) is 0 Å². The molecule has 1 unspecified atom stereocenters. The van der Waals surface area contributed by atoms with E-state index in [0.717, 1.165) is 17.2 Å². The molecule has 0 bridgehead atoms. The molecule has 1 aromatic carbocycles. The average molecular weight is 237 g/mol. The first-order valence-corrected chi connectivity index (χ1v) is 6.81. The maximum Gasteiger partial charge on any atom is 0.163 e. The summed E-state index contributed by atoms with van der Waals surface area (Å²) >= 11 is 2.01. The van der Waals surface area contributed by atoms with Crippen molar-refractivity contribution in [2.75, 3.05) is 30.0 Å². The maximum atomic E-state index is 5.56. The predicted octanol–water partition coefficient (Wildman–Crippen LogP) is 2.38. The third-order valence-corrected chi connectivity index (χ3v) is 4.01. The summed E-state index contributed by atoms with van der Waals surface area (Å²) in [5, 5.41) is 3.53. The molecule has 0 radical (unpaired) electrons. The van der Waals surface area contributed by atoms with Crippen molar-refractivity contribution in [3.63, 3.8) is 0 Å². The monoisotopic (exact) mass is 237 g/mol. The summed E-state index contributed by atoms with van der Waals surface area (Å²) in [7, 11) is 0. The van der Waals surface area contributed by atoms with Gasteiger partial charge < -0.3 is 14.8 Å². The second kappa shape index (κ2) is 4.45. The van der Waals surface area contributed by atoms with Gasteiger partial charge in [-0.3, -0.25) is 0 Å². The van der Waals surface area contributed by atoms with E-state index in [2.05, 4.69) is 11.4 Å². The van der Waals surface area contributed by atoms with Gasteiger partial charge in [0.1, 0.15) is 13.2 Å². The highest BCUT2D eigenvalue weighted by molar-refractivity contribution is 7.99. The molecule has 1 aromatic rings. The van der Waals surface area contributed by atoms with Crippen LogP contribution < -0.4 is 14.8 Å². The average Bonchev–Trinajstić information content (AvgIpc) is 2.82. The Morgan fingerprint density at radius 1 is 1.19 bits per heavy atom. The van der Waals surface area contributed by atoms with E-state index in [1.54, 1.807) is 0 Å². The minimum Gasteiger partial charge on any atom is -0.486 e. The molecular weight excluding hydrogens is 222 g/mol. The van der Waals surface area contributed by atoms with Crippen LogP contribution in [-0.4, -0.2) is 30.8 Å². The molecule has 0 amide bonds. The number of ether oxygens (including phenoxy) is 2. The van der Waals surface area contributed by atoms with Crippen LogP contribution in [0.3, 0.4) is 0 Å². The van der Waals surface area contributed by atoms with Gasteiger partial charge in [-0.05, 0) is 24.3 Å². The SMILES string of the molecule is c1cc2c(cc1NC1CCSC1)OCCO2. The largest absolute Gasteiger partial charge is 0.486 e. The van der Waals surface area contributed by atoms with Crippen LogP contribution in [0.5, 0.6) is 11.5 Å². The zero-order valence-corrected chi connectivity index (χ0v) is 9.89. The van der Waals surface area contributed by atoms with Gasteiger partial charge in [-0.1, -0.05) is 0 Å². The lowest BCUT2D eigenvalue weighted by atomic mass is 10.2. The van der Waals surface area contributed by atoms with Crippen molar-refractivity contribution in [2.45, 2.75) is 12.5 Å². The van der Waals surface area contributed by atoms with Crippen LogP contribution in [-0.2, 0) is 0 Å². The number of rotatable bonds is 2. The van der Waals surface area contributed by atoms with Crippen molar-refractivity contribution in [3.8, 4) is 11.5 Å². The van der Waals surface area contributed by atoms with E-state index in [4.69, 9.17) is 9.47 Å².